The first-order valence-corrected chi connectivity index (χ1v) is 12.1. The third kappa shape index (κ3) is 3.06. The highest BCUT2D eigenvalue weighted by molar-refractivity contribution is 6.00. The number of hydrogen-bond acceptors (Lipinski definition) is 5. The van der Waals surface area contributed by atoms with Gasteiger partial charge in [-0.2, -0.15) is 0 Å². The average molecular weight is 463 g/mol. The lowest BCUT2D eigenvalue weighted by atomic mass is 9.73. The van der Waals surface area contributed by atoms with Crippen molar-refractivity contribution < 1.29 is 23.8 Å². The Bertz CT molecular complexity index is 1120. The van der Waals surface area contributed by atoms with E-state index >= 15 is 0 Å². The lowest BCUT2D eigenvalue weighted by Gasteiger charge is -2.47. The summed E-state index contributed by atoms with van der Waals surface area (Å²) in [7, 11) is 1.63. The number of methoxy groups -OCH3 is 1. The molecule has 34 heavy (non-hydrogen) atoms. The van der Waals surface area contributed by atoms with E-state index in [2.05, 4.69) is 12.1 Å². The highest BCUT2D eigenvalue weighted by Crippen LogP contribution is 2.60. The molecule has 2 aromatic rings. The van der Waals surface area contributed by atoms with E-state index in [1.54, 1.807) is 12.0 Å². The Balaban J connectivity index is 1.48. The largest absolute Gasteiger partial charge is 0.497 e. The number of rotatable bonds is 4. The van der Waals surface area contributed by atoms with Gasteiger partial charge in [0.05, 0.1) is 32.4 Å². The smallest absolute Gasteiger partial charge is 0.249 e. The van der Waals surface area contributed by atoms with Crippen LogP contribution in [0.15, 0.2) is 48.5 Å². The molecular weight excluding hydrogens is 432 g/mol. The van der Waals surface area contributed by atoms with Crippen LogP contribution in [0.3, 0.4) is 0 Å². The molecule has 7 heteroatoms. The van der Waals surface area contributed by atoms with Gasteiger partial charge in [0.25, 0.3) is 0 Å². The molecule has 6 rings (SSSR count). The Morgan fingerprint density at radius 3 is 2.71 bits per heavy atom. The van der Waals surface area contributed by atoms with Crippen LogP contribution in [-0.4, -0.2) is 66.7 Å². The molecule has 4 aliphatic rings. The van der Waals surface area contributed by atoms with E-state index in [-0.39, 0.29) is 42.3 Å². The van der Waals surface area contributed by atoms with Crippen molar-refractivity contribution in [3.8, 4) is 11.5 Å². The zero-order valence-electron chi connectivity index (χ0n) is 19.6. The summed E-state index contributed by atoms with van der Waals surface area (Å²) in [5.74, 6) is 1.19. The molecule has 178 valence electrons. The van der Waals surface area contributed by atoms with Crippen LogP contribution in [0, 0.1) is 5.92 Å². The van der Waals surface area contributed by atoms with Gasteiger partial charge >= 0.3 is 0 Å². The summed E-state index contributed by atoms with van der Waals surface area (Å²) in [5, 5.41) is 0. The number of amides is 2. The summed E-state index contributed by atoms with van der Waals surface area (Å²) in [6, 6.07) is 15.6. The van der Waals surface area contributed by atoms with Crippen molar-refractivity contribution in [2.45, 2.75) is 43.4 Å². The second-order valence-electron chi connectivity index (χ2n) is 9.94. The highest BCUT2D eigenvalue weighted by Gasteiger charge is 2.66. The quantitative estimate of drug-likeness (QED) is 0.698. The Morgan fingerprint density at radius 1 is 1.15 bits per heavy atom. The molecule has 2 amide bonds. The van der Waals surface area contributed by atoms with Crippen LogP contribution < -0.4 is 9.47 Å². The van der Waals surface area contributed by atoms with Crippen molar-refractivity contribution in [2.75, 3.05) is 33.4 Å². The van der Waals surface area contributed by atoms with Gasteiger partial charge in [0.2, 0.25) is 11.8 Å². The Kier molecular flexibility index (Phi) is 5.06. The highest BCUT2D eigenvalue weighted by atomic mass is 16.5. The Morgan fingerprint density at radius 2 is 1.97 bits per heavy atom. The van der Waals surface area contributed by atoms with Gasteiger partial charge in [0.15, 0.2) is 0 Å². The molecule has 3 fully saturated rings. The first kappa shape index (κ1) is 21.5. The molecule has 4 aliphatic heterocycles. The fourth-order valence-electron chi connectivity index (χ4n) is 6.68. The summed E-state index contributed by atoms with van der Waals surface area (Å²) in [6.07, 6.45) is 1.92. The maximum absolute atomic E-state index is 14.2. The topological polar surface area (TPSA) is 68.3 Å². The zero-order chi connectivity index (χ0) is 23.4. The predicted molar refractivity (Wildman–Crippen MR) is 125 cm³/mol. The fraction of sp³-hybridized carbons (Fsp3) is 0.481. The number of carbonyl (C=O) groups excluding carboxylic acids is 2. The molecular formula is C27H30N2O5. The second-order valence-corrected chi connectivity index (χ2v) is 9.94. The van der Waals surface area contributed by atoms with E-state index in [0.29, 0.717) is 18.9 Å². The Labute approximate surface area is 199 Å². The molecule has 0 radical (unpaired) electrons. The van der Waals surface area contributed by atoms with Gasteiger partial charge in [-0.3, -0.25) is 9.59 Å². The number of ether oxygens (including phenoxy) is 3. The van der Waals surface area contributed by atoms with Crippen molar-refractivity contribution in [1.29, 1.82) is 0 Å². The van der Waals surface area contributed by atoms with E-state index in [4.69, 9.17) is 14.2 Å². The number of nitrogens with zero attached hydrogens (tertiary/aromatic N) is 2. The third-order valence-electron chi connectivity index (χ3n) is 8.11. The predicted octanol–water partition coefficient (Wildman–Crippen LogP) is 3.15. The van der Waals surface area contributed by atoms with Gasteiger partial charge in [0.1, 0.15) is 17.0 Å². The van der Waals surface area contributed by atoms with Crippen LogP contribution in [0.5, 0.6) is 11.5 Å². The lowest BCUT2D eigenvalue weighted by molar-refractivity contribution is -0.165. The minimum atomic E-state index is -1.02. The number of hydrogen-bond donors (Lipinski definition) is 0. The summed E-state index contributed by atoms with van der Waals surface area (Å²) < 4.78 is 17.5. The van der Waals surface area contributed by atoms with Gasteiger partial charge in [-0.1, -0.05) is 30.3 Å². The molecule has 7 nitrogen and oxygen atoms in total. The van der Waals surface area contributed by atoms with E-state index in [9.17, 15) is 9.59 Å². The fourth-order valence-corrected chi connectivity index (χ4v) is 6.68. The van der Waals surface area contributed by atoms with Crippen LogP contribution in [-0.2, 0) is 14.3 Å². The number of carbonyl (C=O) groups is 2. The van der Waals surface area contributed by atoms with Crippen LogP contribution in [0.1, 0.15) is 42.9 Å². The molecule has 0 bridgehead atoms. The summed E-state index contributed by atoms with van der Waals surface area (Å²) in [5.41, 5.74) is 0.949. The van der Waals surface area contributed by atoms with Crippen LogP contribution in [0.4, 0.5) is 0 Å². The SMILES string of the molecule is COc1ccc2c(c1)[C@H]1[C@H](CO2)[C@H](c2ccccc2)[C@]2(C)C(=O)N(CC3CCCO3)CC(=O)N12. The molecule has 0 N–H and O–H groups in total. The molecule has 3 saturated heterocycles. The van der Waals surface area contributed by atoms with Crippen molar-refractivity contribution >= 4 is 11.8 Å². The number of piperazine rings is 1. The van der Waals surface area contributed by atoms with E-state index < -0.39 is 5.54 Å². The van der Waals surface area contributed by atoms with Crippen molar-refractivity contribution in [1.82, 2.24) is 9.80 Å². The van der Waals surface area contributed by atoms with E-state index in [1.165, 1.54) is 0 Å². The van der Waals surface area contributed by atoms with Crippen molar-refractivity contribution in [3.63, 3.8) is 0 Å². The first-order chi connectivity index (χ1) is 16.5. The minimum Gasteiger partial charge on any atom is -0.497 e. The molecule has 4 heterocycles. The van der Waals surface area contributed by atoms with Crippen LogP contribution in [0.25, 0.3) is 0 Å². The lowest BCUT2D eigenvalue weighted by Crippen LogP contribution is -2.66. The standard InChI is InChI=1S/C27H30N2O5/c1-27-24(17-7-4-3-5-8-17)21-16-34-22-11-10-18(32-2)13-20(22)25(21)29(27)23(30)15-28(26(27)31)14-19-9-6-12-33-19/h3-5,7-8,10-11,13,19,21,24-25H,6,9,12,14-16H2,1-2H3/t19?,21-,24+,25+,27-/m1/s1. The monoisotopic (exact) mass is 462 g/mol. The second kappa shape index (κ2) is 8.01. The normalized spacial score (nSPS) is 32.2. The van der Waals surface area contributed by atoms with Gasteiger partial charge in [-0.25, -0.2) is 0 Å². The van der Waals surface area contributed by atoms with Gasteiger partial charge in [-0.05, 0) is 43.5 Å². The van der Waals surface area contributed by atoms with Crippen LogP contribution >= 0.6 is 0 Å². The average Bonchev–Trinajstić information content (AvgIpc) is 3.46. The van der Waals surface area contributed by atoms with Gasteiger partial charge in [-0.15, -0.1) is 0 Å². The van der Waals surface area contributed by atoms with Crippen molar-refractivity contribution in [3.05, 3.63) is 59.7 Å². The molecule has 0 spiro atoms. The maximum atomic E-state index is 14.2. The molecule has 0 aromatic heterocycles. The summed E-state index contributed by atoms with van der Waals surface area (Å²) >= 11 is 0. The number of fused-ring (bicyclic) bond motifs is 5. The molecule has 0 saturated carbocycles. The molecule has 1 unspecified atom stereocenters. The molecule has 5 atom stereocenters. The van der Waals surface area contributed by atoms with Crippen LogP contribution in [0.2, 0.25) is 0 Å². The van der Waals surface area contributed by atoms with Gasteiger partial charge in [0, 0.05) is 30.6 Å². The third-order valence-corrected chi connectivity index (χ3v) is 8.11. The van der Waals surface area contributed by atoms with Crippen molar-refractivity contribution in [2.24, 2.45) is 5.92 Å². The molecule has 0 aliphatic carbocycles. The first-order valence-electron chi connectivity index (χ1n) is 12.1. The minimum absolute atomic E-state index is 0.000855. The van der Waals surface area contributed by atoms with Gasteiger partial charge < -0.3 is 24.0 Å². The van der Waals surface area contributed by atoms with E-state index in [1.807, 2.05) is 48.2 Å². The Hall–Kier alpha value is -3.06. The summed E-state index contributed by atoms with van der Waals surface area (Å²) in [4.78, 5) is 31.7. The maximum Gasteiger partial charge on any atom is 0.249 e. The zero-order valence-corrected chi connectivity index (χ0v) is 19.6. The summed E-state index contributed by atoms with van der Waals surface area (Å²) in [6.45, 7) is 3.66. The van der Waals surface area contributed by atoms with E-state index in [0.717, 1.165) is 36.3 Å². The molecule has 2 aromatic carbocycles. The number of benzene rings is 2.